The van der Waals surface area contributed by atoms with Crippen molar-refractivity contribution < 1.29 is 0 Å². The third-order valence-corrected chi connectivity index (χ3v) is 4.65. The van der Waals surface area contributed by atoms with E-state index in [0.29, 0.717) is 5.88 Å². The van der Waals surface area contributed by atoms with Crippen LogP contribution in [0.1, 0.15) is 50.0 Å². The van der Waals surface area contributed by atoms with E-state index in [1.165, 1.54) is 38.5 Å². The molecule has 3 rings (SSSR count). The van der Waals surface area contributed by atoms with Crippen molar-refractivity contribution in [1.29, 1.82) is 0 Å². The highest BCUT2D eigenvalue weighted by Gasteiger charge is 2.16. The molecule has 1 aliphatic rings. The summed E-state index contributed by atoms with van der Waals surface area (Å²) in [4.78, 5) is 9.25. The van der Waals surface area contributed by atoms with Gasteiger partial charge in [-0.2, -0.15) is 0 Å². The van der Waals surface area contributed by atoms with Crippen molar-refractivity contribution in [3.8, 4) is 0 Å². The summed E-state index contributed by atoms with van der Waals surface area (Å²) in [7, 11) is 0. The monoisotopic (exact) mass is 291 g/mol. The van der Waals surface area contributed by atoms with Crippen LogP contribution in [0.5, 0.6) is 0 Å². The standard InChI is InChI=1S/C16H22ClN3/c1-12-7-8-14-16(18-12)20(15(11-17)19-14)10-9-13-5-3-2-4-6-13/h7-8,13H,2-6,9-11H2,1H3. The molecule has 0 spiro atoms. The third kappa shape index (κ3) is 2.83. The molecule has 1 aliphatic carbocycles. The minimum atomic E-state index is 0.458. The first-order valence-electron chi connectivity index (χ1n) is 7.66. The van der Waals surface area contributed by atoms with E-state index in [4.69, 9.17) is 11.6 Å². The first kappa shape index (κ1) is 13.9. The number of aryl methyl sites for hydroxylation is 2. The van der Waals surface area contributed by atoms with Crippen LogP contribution in [0.3, 0.4) is 0 Å². The Balaban J connectivity index is 1.83. The smallest absolute Gasteiger partial charge is 0.160 e. The first-order valence-corrected chi connectivity index (χ1v) is 8.20. The molecule has 0 saturated heterocycles. The molecule has 0 bridgehead atoms. The molecule has 20 heavy (non-hydrogen) atoms. The van der Waals surface area contributed by atoms with Gasteiger partial charge >= 0.3 is 0 Å². The Bertz CT molecular complexity index is 585. The van der Waals surface area contributed by atoms with Crippen LogP contribution in [0.2, 0.25) is 0 Å². The number of aromatic nitrogens is 3. The van der Waals surface area contributed by atoms with E-state index < -0.39 is 0 Å². The van der Waals surface area contributed by atoms with Gasteiger partial charge in [-0.25, -0.2) is 9.97 Å². The van der Waals surface area contributed by atoms with E-state index in [9.17, 15) is 0 Å². The average molecular weight is 292 g/mol. The van der Waals surface area contributed by atoms with Crippen molar-refractivity contribution in [2.75, 3.05) is 0 Å². The van der Waals surface area contributed by atoms with E-state index in [2.05, 4.69) is 14.5 Å². The Morgan fingerprint density at radius 2 is 2.00 bits per heavy atom. The molecule has 1 fully saturated rings. The summed E-state index contributed by atoms with van der Waals surface area (Å²) in [6, 6.07) is 4.06. The number of rotatable bonds is 4. The number of nitrogens with zero attached hydrogens (tertiary/aromatic N) is 3. The summed E-state index contributed by atoms with van der Waals surface area (Å²) in [6.45, 7) is 3.03. The van der Waals surface area contributed by atoms with Crippen LogP contribution in [-0.2, 0) is 12.4 Å². The molecule has 3 nitrogen and oxygen atoms in total. The molecule has 4 heteroatoms. The zero-order valence-electron chi connectivity index (χ0n) is 12.1. The van der Waals surface area contributed by atoms with Crippen LogP contribution in [0.4, 0.5) is 0 Å². The average Bonchev–Trinajstić information content (AvgIpc) is 2.83. The van der Waals surface area contributed by atoms with Crippen LogP contribution >= 0.6 is 11.6 Å². The normalized spacial score (nSPS) is 16.9. The summed E-state index contributed by atoms with van der Waals surface area (Å²) in [6.07, 6.45) is 8.21. The Hall–Kier alpha value is -1.09. The van der Waals surface area contributed by atoms with Crippen LogP contribution in [0.15, 0.2) is 12.1 Å². The fourth-order valence-electron chi connectivity index (χ4n) is 3.27. The maximum atomic E-state index is 6.05. The second-order valence-corrected chi connectivity index (χ2v) is 6.17. The number of fused-ring (bicyclic) bond motifs is 1. The summed E-state index contributed by atoms with van der Waals surface area (Å²) in [5.74, 6) is 2.28. The van der Waals surface area contributed by atoms with Gasteiger partial charge in [0.05, 0.1) is 5.88 Å². The maximum absolute atomic E-state index is 6.05. The third-order valence-electron chi connectivity index (χ3n) is 4.42. The molecule has 0 atom stereocenters. The van der Waals surface area contributed by atoms with Gasteiger partial charge in [-0.1, -0.05) is 32.1 Å². The lowest BCUT2D eigenvalue weighted by atomic mass is 9.87. The molecule has 2 aromatic rings. The van der Waals surface area contributed by atoms with E-state index in [1.54, 1.807) is 0 Å². The molecule has 0 aliphatic heterocycles. The fraction of sp³-hybridized carbons (Fsp3) is 0.625. The summed E-state index contributed by atoms with van der Waals surface area (Å²) in [5.41, 5.74) is 3.00. The molecule has 2 heterocycles. The van der Waals surface area contributed by atoms with Gasteiger partial charge in [0, 0.05) is 12.2 Å². The second kappa shape index (κ2) is 6.13. The molecule has 0 N–H and O–H groups in total. The number of halogens is 1. The summed E-state index contributed by atoms with van der Waals surface area (Å²) < 4.78 is 2.23. The van der Waals surface area contributed by atoms with Crippen molar-refractivity contribution in [3.05, 3.63) is 23.7 Å². The maximum Gasteiger partial charge on any atom is 0.160 e. The van der Waals surface area contributed by atoms with E-state index in [1.807, 2.05) is 19.1 Å². The van der Waals surface area contributed by atoms with Gasteiger partial charge in [0.1, 0.15) is 11.3 Å². The predicted molar refractivity (Wildman–Crippen MR) is 83.0 cm³/mol. The topological polar surface area (TPSA) is 30.7 Å². The number of hydrogen-bond donors (Lipinski definition) is 0. The highest BCUT2D eigenvalue weighted by molar-refractivity contribution is 6.16. The van der Waals surface area contributed by atoms with E-state index in [0.717, 1.165) is 35.1 Å². The van der Waals surface area contributed by atoms with Gasteiger partial charge in [0.2, 0.25) is 0 Å². The van der Waals surface area contributed by atoms with Crippen molar-refractivity contribution in [2.45, 2.75) is 57.9 Å². The number of hydrogen-bond acceptors (Lipinski definition) is 2. The highest BCUT2D eigenvalue weighted by atomic mass is 35.5. The minimum absolute atomic E-state index is 0.458. The Labute approximate surface area is 125 Å². The Morgan fingerprint density at radius 1 is 1.20 bits per heavy atom. The highest BCUT2D eigenvalue weighted by Crippen LogP contribution is 2.27. The van der Waals surface area contributed by atoms with Crippen LogP contribution in [0.25, 0.3) is 11.2 Å². The van der Waals surface area contributed by atoms with Gasteiger partial charge in [0.15, 0.2) is 5.65 Å². The summed E-state index contributed by atoms with van der Waals surface area (Å²) >= 11 is 6.05. The minimum Gasteiger partial charge on any atom is -0.312 e. The molecule has 108 valence electrons. The summed E-state index contributed by atoms with van der Waals surface area (Å²) in [5, 5.41) is 0. The van der Waals surface area contributed by atoms with Crippen LogP contribution in [-0.4, -0.2) is 14.5 Å². The molecular weight excluding hydrogens is 270 g/mol. The number of imidazole rings is 1. The van der Waals surface area contributed by atoms with Gasteiger partial charge < -0.3 is 4.57 Å². The van der Waals surface area contributed by atoms with Crippen LogP contribution in [0, 0.1) is 12.8 Å². The first-order chi connectivity index (χ1) is 9.78. The lowest BCUT2D eigenvalue weighted by Crippen LogP contribution is -2.12. The lowest BCUT2D eigenvalue weighted by Gasteiger charge is -2.21. The number of alkyl halides is 1. The predicted octanol–water partition coefficient (Wildman–Crippen LogP) is 4.45. The van der Waals surface area contributed by atoms with Crippen LogP contribution < -0.4 is 0 Å². The van der Waals surface area contributed by atoms with E-state index in [-0.39, 0.29) is 0 Å². The van der Waals surface area contributed by atoms with Crippen molar-refractivity contribution in [1.82, 2.24) is 14.5 Å². The molecule has 1 saturated carbocycles. The molecule has 2 aromatic heterocycles. The lowest BCUT2D eigenvalue weighted by molar-refractivity contribution is 0.324. The van der Waals surface area contributed by atoms with Crippen molar-refractivity contribution >= 4 is 22.8 Å². The zero-order valence-corrected chi connectivity index (χ0v) is 12.9. The fourth-order valence-corrected chi connectivity index (χ4v) is 3.47. The van der Waals surface area contributed by atoms with E-state index >= 15 is 0 Å². The second-order valence-electron chi connectivity index (χ2n) is 5.90. The zero-order chi connectivity index (χ0) is 13.9. The largest absolute Gasteiger partial charge is 0.312 e. The van der Waals surface area contributed by atoms with Gasteiger partial charge in [-0.05, 0) is 31.4 Å². The Kier molecular flexibility index (Phi) is 4.25. The molecule has 0 unspecified atom stereocenters. The number of pyridine rings is 1. The molecule has 0 aromatic carbocycles. The molecule has 0 radical (unpaired) electrons. The SMILES string of the molecule is Cc1ccc2nc(CCl)n(CCC3CCCCC3)c2n1. The molecule has 0 amide bonds. The quantitative estimate of drug-likeness (QED) is 0.779. The molecular formula is C16H22ClN3. The van der Waals surface area contributed by atoms with Gasteiger partial charge in [0.25, 0.3) is 0 Å². The van der Waals surface area contributed by atoms with Crippen molar-refractivity contribution in [3.63, 3.8) is 0 Å². The van der Waals surface area contributed by atoms with Crippen molar-refractivity contribution in [2.24, 2.45) is 5.92 Å². The Morgan fingerprint density at radius 3 is 2.75 bits per heavy atom. The van der Waals surface area contributed by atoms with Gasteiger partial charge in [-0.3, -0.25) is 0 Å². The van der Waals surface area contributed by atoms with Gasteiger partial charge in [-0.15, -0.1) is 11.6 Å².